The number of nitrogens with one attached hydrogen (secondary N) is 1. The minimum absolute atomic E-state index is 0.0446. The summed E-state index contributed by atoms with van der Waals surface area (Å²) in [5, 5.41) is 4.28. The van der Waals surface area contributed by atoms with Crippen molar-refractivity contribution in [2.45, 2.75) is 32.0 Å². The van der Waals surface area contributed by atoms with Gasteiger partial charge in [0.1, 0.15) is 13.2 Å². The molecule has 0 aliphatic carbocycles. The Morgan fingerprint density at radius 2 is 1.82 bits per heavy atom. The molecular formula is C26H31BN4O3. The van der Waals surface area contributed by atoms with Gasteiger partial charge in [-0.25, -0.2) is 0 Å². The van der Waals surface area contributed by atoms with E-state index < -0.39 is 0 Å². The van der Waals surface area contributed by atoms with E-state index in [-0.39, 0.29) is 5.56 Å². The summed E-state index contributed by atoms with van der Waals surface area (Å²) >= 11 is 0. The molecule has 2 aliphatic rings. The highest BCUT2D eigenvalue weighted by atomic mass is 16.6. The van der Waals surface area contributed by atoms with Crippen molar-refractivity contribution in [3.63, 3.8) is 0 Å². The number of fused-ring (bicyclic) bond motifs is 2. The number of aromatic nitrogens is 1. The van der Waals surface area contributed by atoms with Crippen LogP contribution in [0.4, 0.5) is 5.69 Å². The van der Waals surface area contributed by atoms with E-state index in [0.717, 1.165) is 66.1 Å². The lowest BCUT2D eigenvalue weighted by atomic mass is 9.99. The van der Waals surface area contributed by atoms with Crippen LogP contribution in [0.3, 0.4) is 0 Å². The summed E-state index contributed by atoms with van der Waals surface area (Å²) < 4.78 is 13.2. The van der Waals surface area contributed by atoms with E-state index >= 15 is 0 Å². The molecule has 7 nitrogen and oxygen atoms in total. The molecule has 0 atom stereocenters. The second-order valence-electron chi connectivity index (χ2n) is 9.03. The van der Waals surface area contributed by atoms with Crippen molar-refractivity contribution in [1.29, 1.82) is 0 Å². The maximum Gasteiger partial charge on any atom is 0.251 e. The number of ether oxygens (including phenoxy) is 2. The molecule has 3 aromatic rings. The molecule has 1 fully saturated rings. The SMILES string of the molecule is [B]N(Cc1ccc2c(c1)OCCO2)C1CCN(CCn2c(=O)ccc3c(NC)cccc32)CC1. The number of likely N-dealkylation sites (tertiary alicyclic amines) is 1. The van der Waals surface area contributed by atoms with Gasteiger partial charge in [-0.3, -0.25) is 4.79 Å². The number of rotatable bonds is 7. The van der Waals surface area contributed by atoms with E-state index in [4.69, 9.17) is 17.5 Å². The van der Waals surface area contributed by atoms with Gasteiger partial charge in [0, 0.05) is 49.9 Å². The average Bonchev–Trinajstić information content (AvgIpc) is 2.88. The summed E-state index contributed by atoms with van der Waals surface area (Å²) in [5.74, 6) is 1.61. The minimum Gasteiger partial charge on any atom is -0.486 e. The molecule has 176 valence electrons. The number of benzene rings is 2. The number of pyridine rings is 1. The normalized spacial score (nSPS) is 16.8. The van der Waals surface area contributed by atoms with Gasteiger partial charge in [0.2, 0.25) is 0 Å². The van der Waals surface area contributed by atoms with Crippen molar-refractivity contribution in [3.8, 4) is 11.5 Å². The molecule has 2 radical (unpaired) electrons. The highest BCUT2D eigenvalue weighted by Crippen LogP contribution is 2.31. The van der Waals surface area contributed by atoms with E-state index in [9.17, 15) is 4.79 Å². The fraction of sp³-hybridized carbons (Fsp3) is 0.423. The van der Waals surface area contributed by atoms with Crippen LogP contribution in [0.2, 0.25) is 0 Å². The predicted octanol–water partition coefficient (Wildman–Crippen LogP) is 2.86. The van der Waals surface area contributed by atoms with Crippen LogP contribution in [-0.2, 0) is 13.1 Å². The molecular weight excluding hydrogens is 427 g/mol. The van der Waals surface area contributed by atoms with Gasteiger partial charge < -0.3 is 29.1 Å². The molecule has 0 bridgehead atoms. The summed E-state index contributed by atoms with van der Waals surface area (Å²) in [6, 6.07) is 16.0. The molecule has 1 saturated heterocycles. The lowest BCUT2D eigenvalue weighted by Gasteiger charge is -2.37. The second-order valence-corrected chi connectivity index (χ2v) is 9.03. The van der Waals surface area contributed by atoms with Gasteiger partial charge in [-0.05, 0) is 61.8 Å². The predicted molar refractivity (Wildman–Crippen MR) is 136 cm³/mol. The Bertz CT molecular complexity index is 1210. The van der Waals surface area contributed by atoms with Crippen LogP contribution < -0.4 is 20.3 Å². The topological polar surface area (TPSA) is 59.0 Å². The van der Waals surface area contributed by atoms with Gasteiger partial charge in [0.15, 0.2) is 19.5 Å². The number of anilines is 1. The van der Waals surface area contributed by atoms with Gasteiger partial charge in [0.05, 0.1) is 5.52 Å². The molecule has 8 heteroatoms. The first kappa shape index (κ1) is 22.8. The third-order valence-corrected chi connectivity index (χ3v) is 6.94. The minimum atomic E-state index is 0.0446. The fourth-order valence-electron chi connectivity index (χ4n) is 5.02. The van der Waals surface area contributed by atoms with Crippen molar-refractivity contribution < 1.29 is 9.47 Å². The zero-order valence-corrected chi connectivity index (χ0v) is 19.7. The van der Waals surface area contributed by atoms with E-state index in [1.807, 2.05) is 52.8 Å². The lowest BCUT2D eigenvalue weighted by molar-refractivity contribution is 0.153. The quantitative estimate of drug-likeness (QED) is 0.550. The number of hydrogen-bond donors (Lipinski definition) is 1. The molecule has 0 unspecified atom stereocenters. The maximum atomic E-state index is 12.6. The van der Waals surface area contributed by atoms with Crippen LogP contribution in [0.15, 0.2) is 53.3 Å². The second kappa shape index (κ2) is 10.1. The van der Waals surface area contributed by atoms with Gasteiger partial charge in [0.25, 0.3) is 5.56 Å². The number of nitrogens with zero attached hydrogens (tertiary/aromatic N) is 3. The molecule has 34 heavy (non-hydrogen) atoms. The molecule has 0 amide bonds. The van der Waals surface area contributed by atoms with Crippen LogP contribution in [0.1, 0.15) is 18.4 Å². The lowest BCUT2D eigenvalue weighted by Crippen LogP contribution is -2.44. The van der Waals surface area contributed by atoms with Crippen molar-refractivity contribution >= 4 is 24.6 Å². The first-order valence-corrected chi connectivity index (χ1v) is 12.0. The van der Waals surface area contributed by atoms with Crippen LogP contribution in [-0.4, -0.2) is 68.2 Å². The Kier molecular flexibility index (Phi) is 6.78. The van der Waals surface area contributed by atoms with Crippen LogP contribution in [0, 0.1) is 0 Å². The zero-order valence-electron chi connectivity index (χ0n) is 19.7. The Morgan fingerprint density at radius 3 is 2.62 bits per heavy atom. The first-order chi connectivity index (χ1) is 16.6. The summed E-state index contributed by atoms with van der Waals surface area (Å²) in [6.45, 7) is 5.34. The molecule has 0 saturated carbocycles. The fourth-order valence-corrected chi connectivity index (χ4v) is 5.02. The van der Waals surface area contributed by atoms with Gasteiger partial charge in [-0.15, -0.1) is 0 Å². The summed E-state index contributed by atoms with van der Waals surface area (Å²) in [7, 11) is 8.37. The largest absolute Gasteiger partial charge is 0.486 e. The maximum absolute atomic E-state index is 12.6. The van der Waals surface area contributed by atoms with Crippen molar-refractivity contribution in [3.05, 3.63) is 64.4 Å². The monoisotopic (exact) mass is 458 g/mol. The van der Waals surface area contributed by atoms with E-state index in [2.05, 4.69) is 16.3 Å². The van der Waals surface area contributed by atoms with Gasteiger partial charge in [-0.1, -0.05) is 12.1 Å². The summed E-state index contributed by atoms with van der Waals surface area (Å²) in [4.78, 5) is 17.0. The number of piperidine rings is 1. The van der Waals surface area contributed by atoms with Crippen LogP contribution in [0.25, 0.3) is 10.9 Å². The third kappa shape index (κ3) is 4.79. The molecule has 2 aromatic carbocycles. The van der Waals surface area contributed by atoms with Gasteiger partial charge in [-0.2, -0.15) is 0 Å². The van der Waals surface area contributed by atoms with Gasteiger partial charge >= 0.3 is 0 Å². The van der Waals surface area contributed by atoms with E-state index in [1.54, 1.807) is 6.07 Å². The van der Waals surface area contributed by atoms with E-state index in [1.165, 1.54) is 0 Å². The molecule has 1 aromatic heterocycles. The Labute approximate surface area is 201 Å². The Hall–Kier alpha value is -2.97. The van der Waals surface area contributed by atoms with Crippen molar-refractivity contribution in [2.24, 2.45) is 0 Å². The first-order valence-electron chi connectivity index (χ1n) is 12.0. The molecule has 2 aliphatic heterocycles. The standard InChI is InChI=1S/C26H31BN4O3/c1-28-22-3-2-4-23-21(22)6-8-26(32)30(23)14-13-29-11-9-20(10-12-29)31(27)18-19-5-7-24-25(17-19)34-16-15-33-24/h2-8,17,20,28H,9-16,18H2,1H3. The molecule has 3 heterocycles. The van der Waals surface area contributed by atoms with Crippen LogP contribution >= 0.6 is 0 Å². The van der Waals surface area contributed by atoms with Crippen molar-refractivity contribution in [2.75, 3.05) is 45.2 Å². The highest BCUT2D eigenvalue weighted by Gasteiger charge is 2.23. The molecule has 1 N–H and O–H groups in total. The van der Waals surface area contributed by atoms with Crippen LogP contribution in [0.5, 0.6) is 11.5 Å². The number of hydrogen-bond acceptors (Lipinski definition) is 6. The molecule has 5 rings (SSSR count). The smallest absolute Gasteiger partial charge is 0.251 e. The Morgan fingerprint density at radius 1 is 1.03 bits per heavy atom. The summed E-state index contributed by atoms with van der Waals surface area (Å²) in [5.41, 5.74) is 3.18. The van der Waals surface area contributed by atoms with Crippen molar-refractivity contribution in [1.82, 2.24) is 14.3 Å². The Balaban J connectivity index is 1.16. The van der Waals surface area contributed by atoms with E-state index in [0.29, 0.717) is 32.3 Å². The average molecular weight is 458 g/mol. The summed E-state index contributed by atoms with van der Waals surface area (Å²) in [6.07, 6.45) is 2.02. The highest BCUT2D eigenvalue weighted by molar-refractivity contribution is 6.04. The zero-order chi connectivity index (χ0) is 23.5. The molecule has 0 spiro atoms. The third-order valence-electron chi connectivity index (χ3n) is 6.94.